The van der Waals surface area contributed by atoms with Crippen LogP contribution in [0.1, 0.15) is 5.56 Å². The summed E-state index contributed by atoms with van der Waals surface area (Å²) in [5.74, 6) is 0. The Balaban J connectivity index is 2.59. The van der Waals surface area contributed by atoms with Gasteiger partial charge in [0.2, 0.25) is 0 Å². The number of benzene rings is 1. The van der Waals surface area contributed by atoms with Gasteiger partial charge in [0.1, 0.15) is 6.61 Å². The summed E-state index contributed by atoms with van der Waals surface area (Å²) in [4.78, 5) is 4.83. The van der Waals surface area contributed by atoms with Gasteiger partial charge in [-0.15, -0.1) is 0 Å². The van der Waals surface area contributed by atoms with E-state index in [0.29, 0.717) is 23.2 Å². The van der Waals surface area contributed by atoms with E-state index in [9.17, 15) is 0 Å². The van der Waals surface area contributed by atoms with Crippen LogP contribution < -0.4 is 5.73 Å². The maximum absolute atomic E-state index is 5.80. The van der Waals surface area contributed by atoms with Crippen molar-refractivity contribution in [1.82, 2.24) is 0 Å². The van der Waals surface area contributed by atoms with Crippen molar-refractivity contribution < 1.29 is 4.84 Å². The lowest BCUT2D eigenvalue weighted by molar-refractivity contribution is 0.154. The molecule has 76 valence electrons. The third-order valence-electron chi connectivity index (χ3n) is 1.43. The Hall–Kier alpha value is -0.770. The van der Waals surface area contributed by atoms with Gasteiger partial charge < -0.3 is 10.6 Å². The summed E-state index contributed by atoms with van der Waals surface area (Å²) in [7, 11) is 0. The second-order valence-electron chi connectivity index (χ2n) is 2.53. The number of rotatable bonds is 4. The lowest BCUT2D eigenvalue weighted by Crippen LogP contribution is -2.05. The van der Waals surface area contributed by atoms with E-state index in [1.165, 1.54) is 0 Å². The van der Waals surface area contributed by atoms with Crippen LogP contribution in [0.25, 0.3) is 0 Å². The SMILES string of the molecule is NCCON=Cc1ccc(Cl)c(Cl)c1. The fourth-order valence-electron chi connectivity index (χ4n) is 0.796. The minimum Gasteiger partial charge on any atom is -0.394 e. The number of nitrogens with two attached hydrogens (primary N) is 1. The van der Waals surface area contributed by atoms with Gasteiger partial charge in [0, 0.05) is 6.54 Å². The Labute approximate surface area is 92.4 Å². The van der Waals surface area contributed by atoms with Crippen LogP contribution in [-0.2, 0) is 4.84 Å². The second kappa shape index (κ2) is 5.86. The lowest BCUT2D eigenvalue weighted by atomic mass is 10.2. The summed E-state index contributed by atoms with van der Waals surface area (Å²) in [5, 5.41) is 4.71. The zero-order valence-electron chi connectivity index (χ0n) is 7.41. The molecule has 14 heavy (non-hydrogen) atoms. The van der Waals surface area contributed by atoms with E-state index < -0.39 is 0 Å². The molecule has 0 fully saturated rings. The second-order valence-corrected chi connectivity index (χ2v) is 3.34. The number of hydrogen-bond donors (Lipinski definition) is 1. The van der Waals surface area contributed by atoms with Crippen molar-refractivity contribution in [3.63, 3.8) is 0 Å². The predicted molar refractivity (Wildman–Crippen MR) is 59.1 cm³/mol. The minimum atomic E-state index is 0.401. The first-order chi connectivity index (χ1) is 6.74. The average Bonchev–Trinajstić information content (AvgIpc) is 2.18. The van der Waals surface area contributed by atoms with E-state index in [2.05, 4.69) is 5.16 Å². The molecule has 0 aliphatic rings. The summed E-state index contributed by atoms with van der Waals surface area (Å²) in [6.07, 6.45) is 1.55. The highest BCUT2D eigenvalue weighted by molar-refractivity contribution is 6.42. The maximum Gasteiger partial charge on any atom is 0.129 e. The van der Waals surface area contributed by atoms with Gasteiger partial charge in [0.25, 0.3) is 0 Å². The van der Waals surface area contributed by atoms with Gasteiger partial charge in [-0.3, -0.25) is 0 Å². The molecule has 0 aliphatic carbocycles. The Morgan fingerprint density at radius 1 is 1.36 bits per heavy atom. The van der Waals surface area contributed by atoms with Crippen molar-refractivity contribution in [2.24, 2.45) is 10.9 Å². The highest BCUT2D eigenvalue weighted by atomic mass is 35.5. The number of oxime groups is 1. The first-order valence-electron chi connectivity index (χ1n) is 4.04. The van der Waals surface area contributed by atoms with Crippen molar-refractivity contribution >= 4 is 29.4 Å². The largest absolute Gasteiger partial charge is 0.394 e. The molecule has 0 atom stereocenters. The van der Waals surface area contributed by atoms with Crippen LogP contribution in [0, 0.1) is 0 Å². The Kier molecular flexibility index (Phi) is 4.73. The maximum atomic E-state index is 5.80. The van der Waals surface area contributed by atoms with Crippen LogP contribution >= 0.6 is 23.2 Å². The number of nitrogens with zero attached hydrogens (tertiary/aromatic N) is 1. The fourth-order valence-corrected chi connectivity index (χ4v) is 1.10. The minimum absolute atomic E-state index is 0.401. The number of halogens is 2. The van der Waals surface area contributed by atoms with E-state index >= 15 is 0 Å². The highest BCUT2D eigenvalue weighted by Crippen LogP contribution is 2.21. The van der Waals surface area contributed by atoms with Crippen LogP contribution in [-0.4, -0.2) is 19.4 Å². The lowest BCUT2D eigenvalue weighted by Gasteiger charge is -1.97. The predicted octanol–water partition coefficient (Wildman–Crippen LogP) is 2.30. The molecule has 1 aromatic carbocycles. The Morgan fingerprint density at radius 2 is 2.14 bits per heavy atom. The third kappa shape index (κ3) is 3.54. The van der Waals surface area contributed by atoms with Gasteiger partial charge in [-0.1, -0.05) is 34.4 Å². The van der Waals surface area contributed by atoms with Gasteiger partial charge in [0.15, 0.2) is 0 Å². The van der Waals surface area contributed by atoms with Crippen molar-refractivity contribution in [1.29, 1.82) is 0 Å². The van der Waals surface area contributed by atoms with Crippen LogP contribution in [0.5, 0.6) is 0 Å². The Morgan fingerprint density at radius 3 is 2.79 bits per heavy atom. The molecule has 0 aliphatic heterocycles. The fraction of sp³-hybridized carbons (Fsp3) is 0.222. The first-order valence-corrected chi connectivity index (χ1v) is 4.80. The molecule has 5 heteroatoms. The van der Waals surface area contributed by atoms with Crippen LogP contribution in [0.2, 0.25) is 10.0 Å². The smallest absolute Gasteiger partial charge is 0.129 e. The normalized spacial score (nSPS) is 10.8. The molecule has 0 heterocycles. The molecule has 0 amide bonds. The molecule has 1 aromatic rings. The molecule has 0 saturated carbocycles. The Bertz CT molecular complexity index is 329. The summed E-state index contributed by atoms with van der Waals surface area (Å²) in [5.41, 5.74) is 6.04. The number of hydrogen-bond acceptors (Lipinski definition) is 3. The molecule has 0 saturated heterocycles. The molecule has 0 radical (unpaired) electrons. The van der Waals surface area contributed by atoms with Gasteiger partial charge >= 0.3 is 0 Å². The quantitative estimate of drug-likeness (QED) is 0.492. The van der Waals surface area contributed by atoms with Crippen LogP contribution in [0.4, 0.5) is 0 Å². The molecule has 0 unspecified atom stereocenters. The summed E-state index contributed by atoms with van der Waals surface area (Å²) < 4.78 is 0. The van der Waals surface area contributed by atoms with Crippen molar-refractivity contribution in [2.75, 3.05) is 13.2 Å². The van der Waals surface area contributed by atoms with E-state index in [-0.39, 0.29) is 0 Å². The molecule has 3 nitrogen and oxygen atoms in total. The molecular formula is C9H10Cl2N2O. The van der Waals surface area contributed by atoms with Crippen LogP contribution in [0.15, 0.2) is 23.4 Å². The molecular weight excluding hydrogens is 223 g/mol. The highest BCUT2D eigenvalue weighted by Gasteiger charge is 1.96. The van der Waals surface area contributed by atoms with E-state index in [1.54, 1.807) is 24.4 Å². The van der Waals surface area contributed by atoms with Gasteiger partial charge in [-0.2, -0.15) is 0 Å². The van der Waals surface area contributed by atoms with E-state index in [1.807, 2.05) is 0 Å². The van der Waals surface area contributed by atoms with E-state index in [4.69, 9.17) is 33.8 Å². The van der Waals surface area contributed by atoms with Crippen molar-refractivity contribution in [2.45, 2.75) is 0 Å². The standard InChI is InChI=1S/C9H10Cl2N2O/c10-8-2-1-7(5-9(8)11)6-13-14-4-3-12/h1-2,5-6H,3-4,12H2. The van der Waals surface area contributed by atoms with E-state index in [0.717, 1.165) is 5.56 Å². The van der Waals surface area contributed by atoms with Crippen molar-refractivity contribution in [3.05, 3.63) is 33.8 Å². The van der Waals surface area contributed by atoms with Crippen LogP contribution in [0.3, 0.4) is 0 Å². The monoisotopic (exact) mass is 232 g/mol. The third-order valence-corrected chi connectivity index (χ3v) is 2.17. The van der Waals surface area contributed by atoms with Crippen molar-refractivity contribution in [3.8, 4) is 0 Å². The van der Waals surface area contributed by atoms with Gasteiger partial charge in [-0.25, -0.2) is 0 Å². The molecule has 0 spiro atoms. The average molecular weight is 233 g/mol. The van der Waals surface area contributed by atoms with Gasteiger partial charge in [-0.05, 0) is 17.7 Å². The zero-order valence-corrected chi connectivity index (χ0v) is 8.92. The summed E-state index contributed by atoms with van der Waals surface area (Å²) in [6.45, 7) is 0.844. The molecule has 2 N–H and O–H groups in total. The topological polar surface area (TPSA) is 47.6 Å². The summed E-state index contributed by atoms with van der Waals surface area (Å²) in [6, 6.07) is 5.21. The zero-order chi connectivity index (χ0) is 10.4. The molecule has 0 bridgehead atoms. The molecule has 1 rings (SSSR count). The molecule has 0 aromatic heterocycles. The first kappa shape index (κ1) is 11.3. The summed E-state index contributed by atoms with van der Waals surface area (Å²) >= 11 is 11.5. The van der Waals surface area contributed by atoms with Gasteiger partial charge in [0.05, 0.1) is 16.3 Å².